The topological polar surface area (TPSA) is 0 Å². The third-order valence-electron chi connectivity index (χ3n) is 6.24. The average Bonchev–Trinajstić information content (AvgIpc) is 3.03. The van der Waals surface area contributed by atoms with E-state index in [2.05, 4.69) is 190 Å². The van der Waals surface area contributed by atoms with Gasteiger partial charge in [-0.3, -0.25) is 0 Å². The molecule has 0 spiro atoms. The second kappa shape index (κ2) is 19.2. The van der Waals surface area contributed by atoms with Crippen LogP contribution in [0, 0.1) is 0 Å². The second-order valence-electron chi connectivity index (χ2n) is 9.54. The van der Waals surface area contributed by atoms with Gasteiger partial charge in [-0.1, -0.05) is 157 Å². The summed E-state index contributed by atoms with van der Waals surface area (Å²) in [6, 6.07) is 27.7. The van der Waals surface area contributed by atoms with Crippen molar-refractivity contribution >= 4 is 41.2 Å². The molecule has 0 aliphatic heterocycles. The van der Waals surface area contributed by atoms with Gasteiger partial charge in [-0.05, 0) is 72.9 Å². The van der Waals surface area contributed by atoms with E-state index in [0.717, 1.165) is 5.57 Å². The Hall–Kier alpha value is -3.98. The molecule has 0 radical (unpaired) electrons. The van der Waals surface area contributed by atoms with Crippen molar-refractivity contribution < 1.29 is 0 Å². The van der Waals surface area contributed by atoms with Crippen molar-refractivity contribution in [3.05, 3.63) is 186 Å². The summed E-state index contributed by atoms with van der Waals surface area (Å²) in [7, 11) is 0. The zero-order chi connectivity index (χ0) is 29.8. The summed E-state index contributed by atoms with van der Waals surface area (Å²) < 4.78 is 0. The highest BCUT2D eigenvalue weighted by molar-refractivity contribution is 7.98. The number of benzene rings is 3. The van der Waals surface area contributed by atoms with Gasteiger partial charge in [0.15, 0.2) is 0 Å². The van der Waals surface area contributed by atoms with Gasteiger partial charge in [-0.25, -0.2) is 0 Å². The van der Waals surface area contributed by atoms with E-state index in [1.165, 1.54) is 37.6 Å². The highest BCUT2D eigenvalue weighted by Crippen LogP contribution is 2.18. The molecule has 0 bridgehead atoms. The molecule has 0 aliphatic carbocycles. The summed E-state index contributed by atoms with van der Waals surface area (Å²) in [5.74, 6) is 0. The third-order valence-corrected chi connectivity index (χ3v) is 7.73. The molecular weight excluding hydrogens is 545 g/mol. The molecule has 3 rings (SSSR count). The van der Waals surface area contributed by atoms with Crippen LogP contribution in [-0.2, 0) is 0 Å². The Kier molecular flexibility index (Phi) is 14.9. The molecule has 0 fully saturated rings. The van der Waals surface area contributed by atoms with Crippen molar-refractivity contribution in [2.45, 2.75) is 23.6 Å². The third kappa shape index (κ3) is 12.7. The van der Waals surface area contributed by atoms with Crippen LogP contribution >= 0.6 is 23.5 Å². The van der Waals surface area contributed by atoms with E-state index in [0.29, 0.717) is 0 Å². The van der Waals surface area contributed by atoms with Crippen LogP contribution < -0.4 is 0 Å². The van der Waals surface area contributed by atoms with Gasteiger partial charge in [0.2, 0.25) is 0 Å². The Balaban J connectivity index is 1.58. The Morgan fingerprint density at radius 3 is 1.52 bits per heavy atom. The highest BCUT2D eigenvalue weighted by Gasteiger charge is 1.95. The molecular formula is C40H40S2. The van der Waals surface area contributed by atoms with Crippen LogP contribution in [0.1, 0.15) is 30.5 Å². The number of allylic oxidation sites excluding steroid dienone is 16. The van der Waals surface area contributed by atoms with Crippen LogP contribution in [0.15, 0.2) is 179 Å². The van der Waals surface area contributed by atoms with Crippen LogP contribution in [0.25, 0.3) is 17.7 Å². The SMILES string of the molecule is CSc1ccc(/C=C/C=C(C)/C=C/C=C/C=C/C=C(/C=C/C(C)=C/C=C/c2ccc(SC)cc2)c2ccccc2)cc1. The fourth-order valence-corrected chi connectivity index (χ4v) is 4.64. The Morgan fingerprint density at radius 1 is 0.476 bits per heavy atom. The summed E-state index contributed by atoms with van der Waals surface area (Å²) in [6.07, 6.45) is 35.8. The average molecular weight is 585 g/mol. The molecule has 212 valence electrons. The number of rotatable bonds is 13. The first kappa shape index (κ1) is 32.5. The fraction of sp³-hybridized carbons (Fsp3) is 0.100. The normalized spacial score (nSPS) is 13.8. The lowest BCUT2D eigenvalue weighted by atomic mass is 10.0. The van der Waals surface area contributed by atoms with Gasteiger partial charge in [0.25, 0.3) is 0 Å². The summed E-state index contributed by atoms with van der Waals surface area (Å²) in [5.41, 5.74) is 7.15. The number of hydrogen-bond donors (Lipinski definition) is 0. The van der Waals surface area contributed by atoms with Crippen LogP contribution in [0.4, 0.5) is 0 Å². The van der Waals surface area contributed by atoms with Gasteiger partial charge in [-0.15, -0.1) is 23.5 Å². The van der Waals surface area contributed by atoms with Crippen molar-refractivity contribution in [2.24, 2.45) is 0 Å². The molecule has 0 saturated heterocycles. The lowest BCUT2D eigenvalue weighted by Crippen LogP contribution is -1.80. The summed E-state index contributed by atoms with van der Waals surface area (Å²) >= 11 is 3.52. The first-order chi connectivity index (χ1) is 20.6. The zero-order valence-corrected chi connectivity index (χ0v) is 26.6. The molecule has 3 aromatic rings. The molecule has 3 aromatic carbocycles. The second-order valence-corrected chi connectivity index (χ2v) is 11.3. The molecule has 0 aliphatic rings. The maximum absolute atomic E-state index is 2.18. The van der Waals surface area contributed by atoms with E-state index >= 15 is 0 Å². The molecule has 0 saturated carbocycles. The molecule has 0 atom stereocenters. The summed E-state index contributed by atoms with van der Waals surface area (Å²) in [4.78, 5) is 2.56. The monoisotopic (exact) mass is 584 g/mol. The van der Waals surface area contributed by atoms with Gasteiger partial charge >= 0.3 is 0 Å². The molecule has 0 amide bonds. The predicted octanol–water partition coefficient (Wildman–Crippen LogP) is 12.1. The molecule has 0 unspecified atom stereocenters. The van der Waals surface area contributed by atoms with Crippen molar-refractivity contribution in [3.63, 3.8) is 0 Å². The lowest BCUT2D eigenvalue weighted by Gasteiger charge is -2.01. The van der Waals surface area contributed by atoms with Crippen LogP contribution in [0.2, 0.25) is 0 Å². The molecule has 0 N–H and O–H groups in total. The van der Waals surface area contributed by atoms with Crippen molar-refractivity contribution in [1.82, 2.24) is 0 Å². The Bertz CT molecular complexity index is 1500. The standard InChI is InChI=1S/C40H40S2/c1-33(16-13-18-35-24-29-39(41-3)30-25-35)15-9-6-5-7-10-22-38(37-20-11-8-12-21-37)28-23-34(2)17-14-19-36-26-31-40(42-4)32-27-36/h5-32H,1-4H3/b6-5+,10-7+,15-9+,18-13+,19-14+,28-23+,33-16+,34-17+,38-22-. The minimum absolute atomic E-state index is 1.16. The fourth-order valence-electron chi connectivity index (χ4n) is 3.82. The Morgan fingerprint density at radius 2 is 0.976 bits per heavy atom. The molecule has 2 heteroatoms. The minimum Gasteiger partial charge on any atom is -0.130 e. The van der Waals surface area contributed by atoms with Gasteiger partial charge in [0, 0.05) is 9.79 Å². The van der Waals surface area contributed by atoms with E-state index in [-0.39, 0.29) is 0 Å². The first-order valence-electron chi connectivity index (χ1n) is 14.0. The smallest absolute Gasteiger partial charge is 0.00695 e. The van der Waals surface area contributed by atoms with Crippen molar-refractivity contribution in [2.75, 3.05) is 12.5 Å². The number of thioether (sulfide) groups is 2. The predicted molar refractivity (Wildman–Crippen MR) is 193 cm³/mol. The van der Waals surface area contributed by atoms with Gasteiger partial charge in [0.05, 0.1) is 0 Å². The minimum atomic E-state index is 1.16. The maximum atomic E-state index is 2.18. The lowest BCUT2D eigenvalue weighted by molar-refractivity contribution is 1.45. The van der Waals surface area contributed by atoms with E-state index < -0.39 is 0 Å². The van der Waals surface area contributed by atoms with Crippen LogP contribution in [0.5, 0.6) is 0 Å². The molecule has 0 nitrogen and oxygen atoms in total. The van der Waals surface area contributed by atoms with Crippen LogP contribution in [-0.4, -0.2) is 12.5 Å². The van der Waals surface area contributed by atoms with Crippen LogP contribution in [0.3, 0.4) is 0 Å². The van der Waals surface area contributed by atoms with Crippen molar-refractivity contribution in [1.29, 1.82) is 0 Å². The number of hydrogen-bond acceptors (Lipinski definition) is 2. The highest BCUT2D eigenvalue weighted by atomic mass is 32.2. The molecule has 0 heterocycles. The largest absolute Gasteiger partial charge is 0.130 e. The van der Waals surface area contributed by atoms with E-state index in [1.807, 2.05) is 6.07 Å². The summed E-state index contributed by atoms with van der Waals surface area (Å²) in [5, 5.41) is 0. The van der Waals surface area contributed by atoms with Gasteiger partial charge in [-0.2, -0.15) is 0 Å². The van der Waals surface area contributed by atoms with Gasteiger partial charge in [0.1, 0.15) is 0 Å². The molecule has 0 aromatic heterocycles. The van der Waals surface area contributed by atoms with Crippen molar-refractivity contribution in [3.8, 4) is 0 Å². The summed E-state index contributed by atoms with van der Waals surface area (Å²) in [6.45, 7) is 4.23. The zero-order valence-electron chi connectivity index (χ0n) is 25.0. The quantitative estimate of drug-likeness (QED) is 0.145. The Labute approximate surface area is 262 Å². The van der Waals surface area contributed by atoms with E-state index in [9.17, 15) is 0 Å². The maximum Gasteiger partial charge on any atom is 0.00695 e. The van der Waals surface area contributed by atoms with E-state index in [4.69, 9.17) is 0 Å². The first-order valence-corrected chi connectivity index (χ1v) is 16.5. The van der Waals surface area contributed by atoms with Gasteiger partial charge < -0.3 is 0 Å². The van der Waals surface area contributed by atoms with E-state index in [1.54, 1.807) is 23.5 Å². The molecule has 42 heavy (non-hydrogen) atoms.